The van der Waals surface area contributed by atoms with Gasteiger partial charge in [0.05, 0.1) is 6.54 Å². The number of carbonyl (C=O) groups excluding carboxylic acids is 1. The summed E-state index contributed by atoms with van der Waals surface area (Å²) in [4.78, 5) is 22.0. The molecule has 0 radical (unpaired) electrons. The van der Waals surface area contributed by atoms with Crippen molar-refractivity contribution >= 4 is 17.5 Å². The van der Waals surface area contributed by atoms with Crippen molar-refractivity contribution in [2.45, 2.75) is 38.3 Å². The maximum Gasteiger partial charge on any atom is 0.236 e. The minimum Gasteiger partial charge on any atom is -0.339 e. The lowest BCUT2D eigenvalue weighted by atomic mass is 10.1. The second-order valence-electron chi connectivity index (χ2n) is 8.63. The second kappa shape index (κ2) is 9.73. The minimum absolute atomic E-state index is 0.238. The molecule has 1 aromatic rings. The number of nitrogens with zero attached hydrogens (tertiary/aromatic N) is 4. The quantitative estimate of drug-likeness (QED) is 0.705. The first-order chi connectivity index (χ1) is 14.1. The molecule has 7 heteroatoms. The SMILES string of the molecule is O=C(CN1CCCC1CN1CCCC1)N1CCN(Cc2c(F)cccc2Cl)CC1. The number of hydrogen-bond acceptors (Lipinski definition) is 4. The third-order valence-electron chi connectivity index (χ3n) is 6.67. The monoisotopic (exact) mass is 422 g/mol. The van der Waals surface area contributed by atoms with Crippen molar-refractivity contribution in [1.29, 1.82) is 0 Å². The van der Waals surface area contributed by atoms with Crippen molar-refractivity contribution in [3.05, 3.63) is 34.6 Å². The maximum absolute atomic E-state index is 14.0. The molecule has 1 atom stereocenters. The first-order valence-corrected chi connectivity index (χ1v) is 11.4. The molecule has 3 aliphatic heterocycles. The highest BCUT2D eigenvalue weighted by molar-refractivity contribution is 6.31. The highest BCUT2D eigenvalue weighted by Crippen LogP contribution is 2.22. The molecule has 3 saturated heterocycles. The van der Waals surface area contributed by atoms with Gasteiger partial charge in [-0.25, -0.2) is 4.39 Å². The van der Waals surface area contributed by atoms with E-state index in [1.54, 1.807) is 12.1 Å². The average molecular weight is 423 g/mol. The van der Waals surface area contributed by atoms with E-state index in [2.05, 4.69) is 14.7 Å². The third kappa shape index (κ3) is 5.29. The third-order valence-corrected chi connectivity index (χ3v) is 7.03. The smallest absolute Gasteiger partial charge is 0.236 e. The fourth-order valence-corrected chi connectivity index (χ4v) is 5.13. The van der Waals surface area contributed by atoms with E-state index in [4.69, 9.17) is 11.6 Å². The maximum atomic E-state index is 14.0. The van der Waals surface area contributed by atoms with Crippen LogP contribution in [0.3, 0.4) is 0 Å². The van der Waals surface area contributed by atoms with Crippen molar-refractivity contribution in [2.75, 3.05) is 58.9 Å². The second-order valence-corrected chi connectivity index (χ2v) is 9.04. The van der Waals surface area contributed by atoms with Gasteiger partial charge in [-0.3, -0.25) is 14.6 Å². The van der Waals surface area contributed by atoms with Gasteiger partial charge in [0.2, 0.25) is 5.91 Å². The molecule has 160 valence electrons. The molecule has 1 amide bonds. The van der Waals surface area contributed by atoms with E-state index >= 15 is 0 Å². The highest BCUT2D eigenvalue weighted by atomic mass is 35.5. The van der Waals surface area contributed by atoms with E-state index < -0.39 is 0 Å². The van der Waals surface area contributed by atoms with Crippen LogP contribution in [0, 0.1) is 5.82 Å². The molecule has 0 saturated carbocycles. The Morgan fingerprint density at radius 3 is 2.48 bits per heavy atom. The van der Waals surface area contributed by atoms with Gasteiger partial charge in [-0.05, 0) is 57.5 Å². The van der Waals surface area contributed by atoms with Crippen LogP contribution in [0.2, 0.25) is 5.02 Å². The molecule has 1 aromatic carbocycles. The fourth-order valence-electron chi connectivity index (χ4n) is 4.91. The number of halogens is 2. The van der Waals surface area contributed by atoms with Crippen molar-refractivity contribution in [1.82, 2.24) is 19.6 Å². The van der Waals surface area contributed by atoms with Gasteiger partial charge in [0.15, 0.2) is 0 Å². The topological polar surface area (TPSA) is 30.0 Å². The number of amides is 1. The Hall–Kier alpha value is -1.21. The van der Waals surface area contributed by atoms with Gasteiger partial charge in [-0.2, -0.15) is 0 Å². The first-order valence-electron chi connectivity index (χ1n) is 11.0. The molecule has 1 unspecified atom stereocenters. The highest BCUT2D eigenvalue weighted by Gasteiger charge is 2.31. The number of hydrogen-bond donors (Lipinski definition) is 0. The van der Waals surface area contributed by atoms with Gasteiger partial charge < -0.3 is 9.80 Å². The number of likely N-dealkylation sites (tertiary alicyclic amines) is 2. The van der Waals surface area contributed by atoms with Crippen LogP contribution in [0.25, 0.3) is 0 Å². The molecule has 0 aliphatic carbocycles. The summed E-state index contributed by atoms with van der Waals surface area (Å²) in [5.41, 5.74) is 0.552. The van der Waals surface area contributed by atoms with Crippen LogP contribution < -0.4 is 0 Å². The number of piperazine rings is 1. The molecule has 0 bridgehead atoms. The van der Waals surface area contributed by atoms with E-state index in [1.165, 1.54) is 44.8 Å². The molecule has 3 heterocycles. The van der Waals surface area contributed by atoms with Crippen molar-refractivity contribution in [3.8, 4) is 0 Å². The summed E-state index contributed by atoms with van der Waals surface area (Å²) in [6.07, 6.45) is 5.03. The van der Waals surface area contributed by atoms with Gasteiger partial charge in [0.25, 0.3) is 0 Å². The first kappa shape index (κ1) is 21.0. The summed E-state index contributed by atoms with van der Waals surface area (Å²) < 4.78 is 14.0. The van der Waals surface area contributed by atoms with Gasteiger partial charge in [0.1, 0.15) is 5.82 Å². The molecule has 4 rings (SSSR count). The number of rotatable bonds is 6. The van der Waals surface area contributed by atoms with Gasteiger partial charge in [-0.1, -0.05) is 17.7 Å². The summed E-state index contributed by atoms with van der Waals surface area (Å²) in [7, 11) is 0. The van der Waals surface area contributed by atoms with Crippen molar-refractivity contribution < 1.29 is 9.18 Å². The summed E-state index contributed by atoms with van der Waals surface area (Å²) >= 11 is 6.16. The zero-order valence-electron chi connectivity index (χ0n) is 17.2. The molecule has 0 aromatic heterocycles. The lowest BCUT2D eigenvalue weighted by Crippen LogP contribution is -2.52. The Morgan fingerprint density at radius 1 is 1.00 bits per heavy atom. The summed E-state index contributed by atoms with van der Waals surface area (Å²) in [6.45, 7) is 8.54. The van der Waals surface area contributed by atoms with E-state index in [1.807, 2.05) is 4.90 Å². The van der Waals surface area contributed by atoms with Crippen molar-refractivity contribution in [3.63, 3.8) is 0 Å². The predicted molar refractivity (Wildman–Crippen MR) is 114 cm³/mol. The van der Waals surface area contributed by atoms with E-state index in [-0.39, 0.29) is 11.7 Å². The number of benzene rings is 1. The van der Waals surface area contributed by atoms with Crippen LogP contribution >= 0.6 is 11.6 Å². The van der Waals surface area contributed by atoms with Crippen LogP contribution in [-0.4, -0.2) is 90.5 Å². The summed E-state index contributed by atoms with van der Waals surface area (Å²) in [5.74, 6) is -0.0176. The Bertz CT molecular complexity index is 684. The summed E-state index contributed by atoms with van der Waals surface area (Å²) in [5, 5.41) is 0.474. The van der Waals surface area contributed by atoms with Gasteiger partial charge in [-0.15, -0.1) is 0 Å². The molecule has 0 N–H and O–H groups in total. The van der Waals surface area contributed by atoms with Gasteiger partial charge >= 0.3 is 0 Å². The lowest BCUT2D eigenvalue weighted by molar-refractivity contribution is -0.134. The Labute approximate surface area is 178 Å². The Kier molecular flexibility index (Phi) is 7.06. The molecule has 3 fully saturated rings. The van der Waals surface area contributed by atoms with Crippen LogP contribution in [-0.2, 0) is 11.3 Å². The fraction of sp³-hybridized carbons (Fsp3) is 0.682. The molecular formula is C22H32ClFN4O. The Morgan fingerprint density at radius 2 is 1.76 bits per heavy atom. The van der Waals surface area contributed by atoms with E-state index in [0.29, 0.717) is 42.8 Å². The van der Waals surface area contributed by atoms with Crippen molar-refractivity contribution in [2.24, 2.45) is 0 Å². The van der Waals surface area contributed by atoms with E-state index in [9.17, 15) is 9.18 Å². The van der Waals surface area contributed by atoms with Gasteiger partial charge in [0, 0.05) is 55.9 Å². The molecule has 3 aliphatic rings. The Balaban J connectivity index is 1.24. The van der Waals surface area contributed by atoms with Crippen LogP contribution in [0.1, 0.15) is 31.2 Å². The summed E-state index contributed by atoms with van der Waals surface area (Å²) in [6, 6.07) is 5.35. The average Bonchev–Trinajstić information content (AvgIpc) is 3.38. The minimum atomic E-state index is -0.255. The molecule has 0 spiro atoms. The predicted octanol–water partition coefficient (Wildman–Crippen LogP) is 2.68. The van der Waals surface area contributed by atoms with Crippen LogP contribution in [0.4, 0.5) is 4.39 Å². The lowest BCUT2D eigenvalue weighted by Gasteiger charge is -2.36. The molecular weight excluding hydrogens is 391 g/mol. The van der Waals surface area contributed by atoms with Crippen LogP contribution in [0.15, 0.2) is 18.2 Å². The van der Waals surface area contributed by atoms with E-state index in [0.717, 1.165) is 26.2 Å². The standard InChI is InChI=1S/C22H32ClFN4O/c23-20-6-3-7-21(24)19(20)16-26-11-13-27(14-12-26)22(29)17-28-10-4-5-18(28)15-25-8-1-2-9-25/h3,6-7,18H,1-2,4-5,8-17H2. The van der Waals surface area contributed by atoms with Crippen LogP contribution in [0.5, 0.6) is 0 Å². The normalized spacial score (nSPS) is 24.5. The molecule has 29 heavy (non-hydrogen) atoms. The molecule has 5 nitrogen and oxygen atoms in total. The zero-order chi connectivity index (χ0) is 20.2. The zero-order valence-corrected chi connectivity index (χ0v) is 17.9. The largest absolute Gasteiger partial charge is 0.339 e. The number of carbonyl (C=O) groups is 1.